The lowest BCUT2D eigenvalue weighted by Crippen LogP contribution is -1.88. The molecule has 0 amide bonds. The van der Waals surface area contributed by atoms with Gasteiger partial charge >= 0.3 is 0 Å². The van der Waals surface area contributed by atoms with Gasteiger partial charge in [-0.1, -0.05) is 20.3 Å². The maximum Gasteiger partial charge on any atom is 0.106 e. The molecule has 1 heteroatoms. The largest absolute Gasteiger partial charge is 0.469 e. The fourth-order valence-corrected chi connectivity index (χ4v) is 1.15. The minimum absolute atomic E-state index is 0.583. The van der Waals surface area contributed by atoms with E-state index in [9.17, 15) is 0 Å². The van der Waals surface area contributed by atoms with Crippen LogP contribution in [0.4, 0.5) is 0 Å². The summed E-state index contributed by atoms with van der Waals surface area (Å²) in [5.74, 6) is 1.70. The number of hydrogen-bond donors (Lipinski definition) is 0. The highest BCUT2D eigenvalue weighted by Crippen LogP contribution is 2.19. The fraction of sp³-hybridized carbons (Fsp3) is 0.556. The van der Waals surface area contributed by atoms with Crippen LogP contribution in [0.5, 0.6) is 0 Å². The Morgan fingerprint density at radius 1 is 1.60 bits per heavy atom. The Bertz CT molecular complexity index is 165. The van der Waals surface area contributed by atoms with E-state index >= 15 is 0 Å². The van der Waals surface area contributed by atoms with Gasteiger partial charge in [-0.05, 0) is 18.6 Å². The molecule has 10 heavy (non-hydrogen) atoms. The maximum absolute atomic E-state index is 5.25. The van der Waals surface area contributed by atoms with Crippen molar-refractivity contribution in [2.75, 3.05) is 0 Å². The second-order valence-electron chi connectivity index (χ2n) is 2.71. The summed E-state index contributed by atoms with van der Waals surface area (Å²) < 4.78 is 5.25. The van der Waals surface area contributed by atoms with Gasteiger partial charge in [0.25, 0.3) is 0 Å². The van der Waals surface area contributed by atoms with Crippen molar-refractivity contribution >= 4 is 0 Å². The smallest absolute Gasteiger partial charge is 0.106 e. The summed E-state index contributed by atoms with van der Waals surface area (Å²) >= 11 is 0. The first-order valence-corrected chi connectivity index (χ1v) is 3.88. The molecule has 1 rings (SSSR count). The highest BCUT2D eigenvalue weighted by molar-refractivity contribution is 5.03. The van der Waals surface area contributed by atoms with Crippen molar-refractivity contribution < 1.29 is 4.42 Å². The van der Waals surface area contributed by atoms with Gasteiger partial charge in [0.1, 0.15) is 5.76 Å². The summed E-state index contributed by atoms with van der Waals surface area (Å²) in [4.78, 5) is 0. The standard InChI is InChI=1S/C9H14O/c1-3-5-8(2)9-6-4-7-10-9/h4,6-8H,3,5H2,1-2H3. The van der Waals surface area contributed by atoms with Crippen molar-refractivity contribution in [2.24, 2.45) is 0 Å². The highest BCUT2D eigenvalue weighted by Gasteiger charge is 2.05. The van der Waals surface area contributed by atoms with Gasteiger partial charge in [0, 0.05) is 5.92 Å². The van der Waals surface area contributed by atoms with E-state index in [1.165, 1.54) is 12.8 Å². The maximum atomic E-state index is 5.25. The van der Waals surface area contributed by atoms with Gasteiger partial charge in [-0.2, -0.15) is 0 Å². The van der Waals surface area contributed by atoms with Crippen molar-refractivity contribution in [3.05, 3.63) is 24.2 Å². The molecule has 1 nitrogen and oxygen atoms in total. The van der Waals surface area contributed by atoms with E-state index in [1.54, 1.807) is 6.26 Å². The lowest BCUT2D eigenvalue weighted by Gasteiger charge is -2.04. The predicted octanol–water partition coefficient (Wildman–Crippen LogP) is 3.18. The molecule has 0 aliphatic rings. The molecule has 0 saturated heterocycles. The number of rotatable bonds is 3. The molecule has 0 N–H and O–H groups in total. The van der Waals surface area contributed by atoms with Crippen LogP contribution >= 0.6 is 0 Å². The topological polar surface area (TPSA) is 13.1 Å². The van der Waals surface area contributed by atoms with E-state index in [4.69, 9.17) is 4.42 Å². The van der Waals surface area contributed by atoms with Gasteiger partial charge in [-0.3, -0.25) is 0 Å². The molecule has 56 valence electrons. The van der Waals surface area contributed by atoms with Gasteiger partial charge in [0.05, 0.1) is 6.26 Å². The molecule has 0 bridgehead atoms. The Balaban J connectivity index is 2.50. The molecular formula is C9H14O. The highest BCUT2D eigenvalue weighted by atomic mass is 16.3. The third-order valence-electron chi connectivity index (χ3n) is 1.75. The second kappa shape index (κ2) is 3.45. The Labute approximate surface area is 62.1 Å². The molecule has 0 spiro atoms. The number of furan rings is 1. The summed E-state index contributed by atoms with van der Waals surface area (Å²) in [6.45, 7) is 4.39. The van der Waals surface area contributed by atoms with Crippen molar-refractivity contribution in [3.63, 3.8) is 0 Å². The average molecular weight is 138 g/mol. The zero-order valence-corrected chi connectivity index (χ0v) is 6.63. The molecule has 0 aliphatic carbocycles. The summed E-state index contributed by atoms with van der Waals surface area (Å²) in [5.41, 5.74) is 0. The van der Waals surface area contributed by atoms with Crippen LogP contribution in [0.1, 0.15) is 38.4 Å². The van der Waals surface area contributed by atoms with Gasteiger partial charge < -0.3 is 4.42 Å². The minimum atomic E-state index is 0.583. The van der Waals surface area contributed by atoms with Crippen molar-refractivity contribution in [1.29, 1.82) is 0 Å². The van der Waals surface area contributed by atoms with Gasteiger partial charge in [0.15, 0.2) is 0 Å². The molecule has 1 unspecified atom stereocenters. The molecule has 1 heterocycles. The average Bonchev–Trinajstić information content (AvgIpc) is 2.38. The molecule has 0 fully saturated rings. The summed E-state index contributed by atoms with van der Waals surface area (Å²) in [6, 6.07) is 3.99. The van der Waals surface area contributed by atoms with Crippen LogP contribution in [0.25, 0.3) is 0 Å². The van der Waals surface area contributed by atoms with Crippen molar-refractivity contribution in [1.82, 2.24) is 0 Å². The first-order chi connectivity index (χ1) is 4.84. The van der Waals surface area contributed by atoms with E-state index in [1.807, 2.05) is 12.1 Å². The molecule has 0 saturated carbocycles. The molecule has 1 aromatic heterocycles. The van der Waals surface area contributed by atoms with Crippen LogP contribution in [-0.2, 0) is 0 Å². The SMILES string of the molecule is CCCC(C)c1ccco1. The molecular weight excluding hydrogens is 124 g/mol. The second-order valence-corrected chi connectivity index (χ2v) is 2.71. The third-order valence-corrected chi connectivity index (χ3v) is 1.75. The summed E-state index contributed by atoms with van der Waals surface area (Å²) in [6.07, 6.45) is 4.18. The lowest BCUT2D eigenvalue weighted by atomic mass is 10.0. The van der Waals surface area contributed by atoms with Gasteiger partial charge in [0.2, 0.25) is 0 Å². The van der Waals surface area contributed by atoms with Crippen LogP contribution < -0.4 is 0 Å². The number of hydrogen-bond acceptors (Lipinski definition) is 1. The van der Waals surface area contributed by atoms with Gasteiger partial charge in [-0.25, -0.2) is 0 Å². The molecule has 1 aromatic rings. The molecule has 0 aromatic carbocycles. The van der Waals surface area contributed by atoms with E-state index < -0.39 is 0 Å². The van der Waals surface area contributed by atoms with Crippen LogP contribution in [-0.4, -0.2) is 0 Å². The lowest BCUT2D eigenvalue weighted by molar-refractivity contribution is 0.459. The molecule has 1 atom stereocenters. The van der Waals surface area contributed by atoms with E-state index in [2.05, 4.69) is 13.8 Å². The molecule has 0 aliphatic heterocycles. The predicted molar refractivity (Wildman–Crippen MR) is 42.0 cm³/mol. The van der Waals surface area contributed by atoms with Crippen LogP contribution in [0.2, 0.25) is 0 Å². The van der Waals surface area contributed by atoms with Crippen molar-refractivity contribution in [2.45, 2.75) is 32.6 Å². The van der Waals surface area contributed by atoms with Crippen molar-refractivity contribution in [3.8, 4) is 0 Å². The quantitative estimate of drug-likeness (QED) is 0.625. The monoisotopic (exact) mass is 138 g/mol. The van der Waals surface area contributed by atoms with Crippen LogP contribution in [0, 0.1) is 0 Å². The Morgan fingerprint density at radius 2 is 2.40 bits per heavy atom. The third kappa shape index (κ3) is 1.63. The Kier molecular flexibility index (Phi) is 2.55. The fourth-order valence-electron chi connectivity index (χ4n) is 1.15. The van der Waals surface area contributed by atoms with E-state index in [-0.39, 0.29) is 0 Å². The summed E-state index contributed by atoms with van der Waals surface area (Å²) in [5, 5.41) is 0. The van der Waals surface area contributed by atoms with Crippen LogP contribution in [0.15, 0.2) is 22.8 Å². The summed E-state index contributed by atoms with van der Waals surface area (Å²) in [7, 11) is 0. The zero-order chi connectivity index (χ0) is 7.40. The van der Waals surface area contributed by atoms with E-state index in [0.29, 0.717) is 5.92 Å². The Morgan fingerprint density at radius 3 is 2.90 bits per heavy atom. The first-order valence-electron chi connectivity index (χ1n) is 3.88. The first kappa shape index (κ1) is 7.39. The molecule has 0 radical (unpaired) electrons. The van der Waals surface area contributed by atoms with Crippen LogP contribution in [0.3, 0.4) is 0 Å². The normalized spacial score (nSPS) is 13.4. The van der Waals surface area contributed by atoms with Gasteiger partial charge in [-0.15, -0.1) is 0 Å². The minimum Gasteiger partial charge on any atom is -0.469 e. The Hall–Kier alpha value is -0.720. The zero-order valence-electron chi connectivity index (χ0n) is 6.63. The van der Waals surface area contributed by atoms with E-state index in [0.717, 1.165) is 5.76 Å².